The molecule has 4 aliphatic rings. The van der Waals surface area contributed by atoms with Crippen LogP contribution in [-0.4, -0.2) is 36.6 Å². The van der Waals surface area contributed by atoms with Crippen molar-refractivity contribution in [2.75, 3.05) is 19.6 Å². The van der Waals surface area contributed by atoms with Gasteiger partial charge < -0.3 is 10.2 Å². The van der Waals surface area contributed by atoms with Gasteiger partial charge in [-0.05, 0) is 75.7 Å². The standard InChI is InChI=1S/C16H28N2/c1-2-15(17-14-7-8-14)10-18(9-1)11-16(12-3-4-12)13-5-6-13/h12-17H,1-11H2. The number of hydrogen-bond donors (Lipinski definition) is 1. The highest BCUT2D eigenvalue weighted by Crippen LogP contribution is 2.49. The van der Waals surface area contributed by atoms with E-state index in [2.05, 4.69) is 10.2 Å². The van der Waals surface area contributed by atoms with E-state index in [1.54, 1.807) is 25.7 Å². The summed E-state index contributed by atoms with van der Waals surface area (Å²) in [7, 11) is 0. The normalized spacial score (nSPS) is 34.2. The predicted molar refractivity (Wildman–Crippen MR) is 74.6 cm³/mol. The van der Waals surface area contributed by atoms with E-state index in [0.29, 0.717) is 0 Å². The molecule has 102 valence electrons. The first kappa shape index (κ1) is 11.7. The van der Waals surface area contributed by atoms with E-state index in [4.69, 9.17) is 0 Å². The highest BCUT2D eigenvalue weighted by Gasteiger charge is 2.42. The van der Waals surface area contributed by atoms with E-state index < -0.39 is 0 Å². The van der Waals surface area contributed by atoms with Crippen molar-refractivity contribution in [3.8, 4) is 0 Å². The van der Waals surface area contributed by atoms with Crippen LogP contribution in [0.1, 0.15) is 51.4 Å². The molecular formula is C16H28N2. The molecule has 3 aliphatic carbocycles. The molecular weight excluding hydrogens is 220 g/mol. The first-order valence-electron chi connectivity index (χ1n) is 8.37. The number of nitrogens with one attached hydrogen (secondary N) is 1. The third-order valence-corrected chi connectivity index (χ3v) is 5.48. The van der Waals surface area contributed by atoms with E-state index in [1.807, 2.05) is 0 Å². The van der Waals surface area contributed by atoms with Gasteiger partial charge in [0.1, 0.15) is 0 Å². The fourth-order valence-electron chi connectivity index (χ4n) is 3.97. The van der Waals surface area contributed by atoms with Gasteiger partial charge in [0.25, 0.3) is 0 Å². The zero-order chi connectivity index (χ0) is 11.9. The summed E-state index contributed by atoms with van der Waals surface area (Å²) in [5, 5.41) is 3.84. The number of rotatable bonds is 6. The maximum Gasteiger partial charge on any atom is 0.0198 e. The lowest BCUT2D eigenvalue weighted by Gasteiger charge is -2.35. The summed E-state index contributed by atoms with van der Waals surface area (Å²) in [5.41, 5.74) is 0. The van der Waals surface area contributed by atoms with E-state index in [9.17, 15) is 0 Å². The molecule has 1 atom stereocenters. The van der Waals surface area contributed by atoms with Gasteiger partial charge in [0.15, 0.2) is 0 Å². The van der Waals surface area contributed by atoms with Crippen LogP contribution in [0.2, 0.25) is 0 Å². The molecule has 1 saturated heterocycles. The fourth-order valence-corrected chi connectivity index (χ4v) is 3.97. The van der Waals surface area contributed by atoms with Gasteiger partial charge >= 0.3 is 0 Å². The van der Waals surface area contributed by atoms with Crippen molar-refractivity contribution < 1.29 is 0 Å². The van der Waals surface area contributed by atoms with Crippen LogP contribution in [0.4, 0.5) is 0 Å². The van der Waals surface area contributed by atoms with Crippen LogP contribution in [0.3, 0.4) is 0 Å². The zero-order valence-electron chi connectivity index (χ0n) is 11.6. The summed E-state index contributed by atoms with van der Waals surface area (Å²) in [4.78, 5) is 2.80. The third-order valence-electron chi connectivity index (χ3n) is 5.48. The van der Waals surface area contributed by atoms with Crippen molar-refractivity contribution in [3.63, 3.8) is 0 Å². The Morgan fingerprint density at radius 3 is 2.22 bits per heavy atom. The highest BCUT2D eigenvalue weighted by atomic mass is 15.2. The van der Waals surface area contributed by atoms with Crippen LogP contribution in [-0.2, 0) is 0 Å². The molecule has 0 bridgehead atoms. The zero-order valence-corrected chi connectivity index (χ0v) is 11.6. The Hall–Kier alpha value is -0.0800. The quantitative estimate of drug-likeness (QED) is 0.777. The second-order valence-electron chi connectivity index (χ2n) is 7.38. The van der Waals surface area contributed by atoms with Gasteiger partial charge in [-0.3, -0.25) is 0 Å². The van der Waals surface area contributed by atoms with Crippen LogP contribution < -0.4 is 5.32 Å². The summed E-state index contributed by atoms with van der Waals surface area (Å²) in [5.74, 6) is 3.31. The molecule has 4 fully saturated rings. The van der Waals surface area contributed by atoms with Gasteiger partial charge in [-0.15, -0.1) is 0 Å². The van der Waals surface area contributed by atoms with Gasteiger partial charge in [-0.2, -0.15) is 0 Å². The minimum Gasteiger partial charge on any atom is -0.310 e. The molecule has 3 saturated carbocycles. The summed E-state index contributed by atoms with van der Waals surface area (Å²) >= 11 is 0. The van der Waals surface area contributed by atoms with E-state index >= 15 is 0 Å². The van der Waals surface area contributed by atoms with Gasteiger partial charge in [0.2, 0.25) is 0 Å². The predicted octanol–water partition coefficient (Wildman–Crippen LogP) is 2.64. The summed E-state index contributed by atoms with van der Waals surface area (Å²) < 4.78 is 0. The highest BCUT2D eigenvalue weighted by molar-refractivity contribution is 4.94. The molecule has 2 heteroatoms. The molecule has 1 unspecified atom stereocenters. The molecule has 0 spiro atoms. The Morgan fingerprint density at radius 1 is 0.889 bits per heavy atom. The molecule has 0 aromatic rings. The lowest BCUT2D eigenvalue weighted by Crippen LogP contribution is -2.48. The SMILES string of the molecule is C1CC(NC2CC2)CN(CC(C2CC2)C2CC2)C1. The Kier molecular flexibility index (Phi) is 3.12. The van der Waals surface area contributed by atoms with Crippen molar-refractivity contribution in [1.29, 1.82) is 0 Å². The number of piperidine rings is 1. The topological polar surface area (TPSA) is 15.3 Å². The molecule has 0 aromatic heterocycles. The molecule has 2 nitrogen and oxygen atoms in total. The molecule has 1 aliphatic heterocycles. The molecule has 0 radical (unpaired) electrons. The second kappa shape index (κ2) is 4.79. The molecule has 4 rings (SSSR count). The lowest BCUT2D eigenvalue weighted by atomic mass is 9.95. The Balaban J connectivity index is 1.29. The monoisotopic (exact) mass is 248 g/mol. The average Bonchev–Trinajstić information content (AvgIpc) is 3.25. The largest absolute Gasteiger partial charge is 0.310 e. The molecule has 1 N–H and O–H groups in total. The Bertz CT molecular complexity index is 279. The summed E-state index contributed by atoms with van der Waals surface area (Å²) in [6.45, 7) is 4.14. The van der Waals surface area contributed by atoms with E-state index in [-0.39, 0.29) is 0 Å². The van der Waals surface area contributed by atoms with Crippen molar-refractivity contribution in [2.45, 2.75) is 63.5 Å². The van der Waals surface area contributed by atoms with Crippen LogP contribution in [0.5, 0.6) is 0 Å². The van der Waals surface area contributed by atoms with Crippen molar-refractivity contribution in [1.82, 2.24) is 10.2 Å². The van der Waals surface area contributed by atoms with Gasteiger partial charge in [-0.1, -0.05) is 0 Å². The van der Waals surface area contributed by atoms with Gasteiger partial charge in [-0.25, -0.2) is 0 Å². The van der Waals surface area contributed by atoms with Crippen molar-refractivity contribution in [2.24, 2.45) is 17.8 Å². The first-order chi connectivity index (χ1) is 8.88. The molecule has 0 aromatic carbocycles. The van der Waals surface area contributed by atoms with Gasteiger partial charge in [0.05, 0.1) is 0 Å². The van der Waals surface area contributed by atoms with Crippen LogP contribution in [0.25, 0.3) is 0 Å². The second-order valence-corrected chi connectivity index (χ2v) is 7.38. The summed E-state index contributed by atoms with van der Waals surface area (Å²) in [6.07, 6.45) is 11.9. The molecule has 18 heavy (non-hydrogen) atoms. The Morgan fingerprint density at radius 2 is 1.61 bits per heavy atom. The molecule has 1 heterocycles. The maximum absolute atomic E-state index is 3.84. The lowest BCUT2D eigenvalue weighted by molar-refractivity contribution is 0.149. The Labute approximate surface area is 111 Å². The molecule has 0 amide bonds. The van der Waals surface area contributed by atoms with E-state index in [1.165, 1.54) is 45.3 Å². The van der Waals surface area contributed by atoms with Crippen molar-refractivity contribution in [3.05, 3.63) is 0 Å². The first-order valence-corrected chi connectivity index (χ1v) is 8.37. The van der Waals surface area contributed by atoms with Gasteiger partial charge in [0, 0.05) is 25.2 Å². The third kappa shape index (κ3) is 2.91. The van der Waals surface area contributed by atoms with Crippen LogP contribution in [0, 0.1) is 17.8 Å². The number of nitrogens with zero attached hydrogens (tertiary/aromatic N) is 1. The fraction of sp³-hybridized carbons (Fsp3) is 1.00. The smallest absolute Gasteiger partial charge is 0.0198 e. The van der Waals surface area contributed by atoms with Crippen molar-refractivity contribution >= 4 is 0 Å². The minimum atomic E-state index is 0.810. The van der Waals surface area contributed by atoms with Crippen LogP contribution >= 0.6 is 0 Å². The number of hydrogen-bond acceptors (Lipinski definition) is 2. The minimum absolute atomic E-state index is 0.810. The average molecular weight is 248 g/mol. The number of likely N-dealkylation sites (tertiary alicyclic amines) is 1. The van der Waals surface area contributed by atoms with E-state index in [0.717, 1.165) is 29.8 Å². The van der Waals surface area contributed by atoms with Crippen LogP contribution in [0.15, 0.2) is 0 Å². The summed E-state index contributed by atoms with van der Waals surface area (Å²) in [6, 6.07) is 1.70. The maximum atomic E-state index is 3.84.